The molecule has 62 heavy (non-hydrogen) atoms. The average molecular weight is 885 g/mol. The van der Waals surface area contributed by atoms with E-state index in [0.717, 1.165) is 38.7 Å². The van der Waals surface area contributed by atoms with Crippen LogP contribution in [-0.2, 0) is 47.7 Å². The maximum atomic E-state index is 12.0. The summed E-state index contributed by atoms with van der Waals surface area (Å²) in [7, 11) is 0. The van der Waals surface area contributed by atoms with Gasteiger partial charge in [0.15, 0.2) is 24.7 Å². The summed E-state index contributed by atoms with van der Waals surface area (Å²) in [6.07, 6.45) is -9.98. The van der Waals surface area contributed by atoms with Gasteiger partial charge in [0.05, 0.1) is 38.1 Å². The molecule has 26 atom stereocenters. The number of hydrogen-bond acceptors (Lipinski definition) is 18. The highest BCUT2D eigenvalue weighted by molar-refractivity contribution is 5.34. The van der Waals surface area contributed by atoms with Crippen molar-refractivity contribution in [3.8, 4) is 0 Å². The van der Waals surface area contributed by atoms with Crippen molar-refractivity contribution in [3.05, 3.63) is 12.2 Å². The second-order valence-electron chi connectivity index (χ2n) is 21.1. The van der Waals surface area contributed by atoms with Gasteiger partial charge in [-0.25, -0.2) is 9.78 Å². The van der Waals surface area contributed by atoms with Crippen molar-refractivity contribution < 1.29 is 88.5 Å². The molecule has 0 amide bonds. The third kappa shape index (κ3) is 6.41. The molecule has 0 unspecified atom stereocenters. The largest absolute Gasteiger partial charge is 0.394 e. The fourth-order valence-electron chi connectivity index (χ4n) is 14.3. The molecule has 0 aromatic heterocycles. The molecule has 11 aliphatic rings. The number of aliphatic hydroxyl groups excluding tert-OH is 8. The first kappa shape index (κ1) is 44.8. The summed E-state index contributed by atoms with van der Waals surface area (Å²) in [5.41, 5.74) is -1.86. The fraction of sp³-hybridized carbons (Fsp3) is 0.955. The molecule has 11 rings (SSSR count). The molecule has 7 aliphatic heterocycles. The van der Waals surface area contributed by atoms with Crippen LogP contribution in [0.3, 0.4) is 0 Å². The van der Waals surface area contributed by atoms with Crippen molar-refractivity contribution >= 4 is 0 Å². The SMILES string of the molecule is C[C@@H]1CC[C@@]2(OC1)O[C@H]1C[C@@H]3[C@](C)(CC[C@H]4[C@]35C=C[C@]3(C[C@@H](O[C@@H]6O[C@H](CO)[C@@H](O[C@@H]7O[C@@H](CO)[C@H](O)[C@H]7O)[C@H](O)[C@H]6O[C@@H]6O[C@@H](C)[C@H](O)[C@@H](O)[C@H]6O)CC[C@]43C)OO5)[C@H]1[C@@H]2C. The van der Waals surface area contributed by atoms with Crippen LogP contribution < -0.4 is 0 Å². The van der Waals surface area contributed by atoms with E-state index in [1.165, 1.54) is 6.92 Å². The fourth-order valence-corrected chi connectivity index (χ4v) is 14.3. The molecule has 2 bridgehead atoms. The molecule has 3 spiro atoms. The van der Waals surface area contributed by atoms with Gasteiger partial charge in [-0.3, -0.25) is 0 Å². The molecule has 3 saturated carbocycles. The Morgan fingerprint density at radius 3 is 2.05 bits per heavy atom. The van der Waals surface area contributed by atoms with Gasteiger partial charge in [-0.2, -0.15) is 0 Å². The maximum absolute atomic E-state index is 12.0. The van der Waals surface area contributed by atoms with E-state index in [0.29, 0.717) is 31.1 Å². The highest BCUT2D eigenvalue weighted by Gasteiger charge is 2.78. The molecule has 18 nitrogen and oxygen atoms in total. The lowest BCUT2D eigenvalue weighted by Gasteiger charge is -2.69. The summed E-state index contributed by atoms with van der Waals surface area (Å²) in [6.45, 7) is 10.2. The minimum absolute atomic E-state index is 0.0406. The van der Waals surface area contributed by atoms with Crippen LogP contribution in [0.25, 0.3) is 0 Å². The minimum atomic E-state index is -1.74. The van der Waals surface area contributed by atoms with E-state index in [1.807, 2.05) is 0 Å². The van der Waals surface area contributed by atoms with E-state index in [-0.39, 0.29) is 34.7 Å². The first-order valence-electron chi connectivity index (χ1n) is 23.1. The number of aliphatic hydroxyl groups is 8. The van der Waals surface area contributed by atoms with E-state index in [4.69, 9.17) is 47.7 Å². The zero-order chi connectivity index (χ0) is 43.9. The average Bonchev–Trinajstić information content (AvgIpc) is 3.82. The molecule has 18 heteroatoms. The molecule has 0 radical (unpaired) electrons. The van der Waals surface area contributed by atoms with E-state index < -0.39 is 122 Å². The van der Waals surface area contributed by atoms with Crippen molar-refractivity contribution in [2.24, 2.45) is 40.4 Å². The van der Waals surface area contributed by atoms with Crippen molar-refractivity contribution in [2.75, 3.05) is 19.8 Å². The normalized spacial score (nSPS) is 60.4. The van der Waals surface area contributed by atoms with Crippen LogP contribution >= 0.6 is 0 Å². The van der Waals surface area contributed by atoms with Gasteiger partial charge in [0.25, 0.3) is 0 Å². The predicted octanol–water partition coefficient (Wildman–Crippen LogP) is -0.0839. The van der Waals surface area contributed by atoms with Gasteiger partial charge in [-0.1, -0.05) is 33.8 Å². The quantitative estimate of drug-likeness (QED) is 0.117. The first-order valence-corrected chi connectivity index (χ1v) is 23.1. The topological polar surface area (TPSA) is 254 Å². The lowest BCUT2D eigenvalue weighted by molar-refractivity contribution is -0.499. The zero-order valence-corrected chi connectivity index (χ0v) is 36.2. The van der Waals surface area contributed by atoms with Crippen LogP contribution in [0.5, 0.6) is 0 Å². The van der Waals surface area contributed by atoms with Crippen LogP contribution in [0.15, 0.2) is 12.2 Å². The van der Waals surface area contributed by atoms with Crippen molar-refractivity contribution in [1.82, 2.24) is 0 Å². The summed E-state index contributed by atoms with van der Waals surface area (Å²) >= 11 is 0. The Morgan fingerprint density at radius 2 is 1.37 bits per heavy atom. The predicted molar refractivity (Wildman–Crippen MR) is 209 cm³/mol. The zero-order valence-electron chi connectivity index (χ0n) is 36.2. The molecular weight excluding hydrogens is 816 g/mol. The van der Waals surface area contributed by atoms with Gasteiger partial charge in [0.2, 0.25) is 0 Å². The third-order valence-electron chi connectivity index (χ3n) is 17.9. The molecule has 8 N–H and O–H groups in total. The molecule has 7 heterocycles. The van der Waals surface area contributed by atoms with Gasteiger partial charge in [-0.05, 0) is 68.8 Å². The maximum Gasteiger partial charge on any atom is 0.187 e. The van der Waals surface area contributed by atoms with Crippen LogP contribution in [0, 0.1) is 40.4 Å². The number of ether oxygens (including phenoxy) is 8. The Labute approximate surface area is 361 Å². The van der Waals surface area contributed by atoms with E-state index >= 15 is 0 Å². The Bertz CT molecular complexity index is 1680. The van der Waals surface area contributed by atoms with Crippen molar-refractivity contribution in [2.45, 2.75) is 201 Å². The standard InChI is InChI=1S/C44H68O18/c1-19-6-11-44(53-18-19)20(2)28-23(60-44)14-27-40(28,4)9-8-26-41(5)10-7-22(15-42(41)12-13-43(26,27)62-61-42)55-39-36(59-37-33(51)31(49)29(47)21(3)54-37)34(52)35(25(17-46)57-39)58-38-32(50)30(48)24(16-45)56-38/h12-13,19-39,45-52H,6-11,14-18H2,1-5H3/t19-,20+,21+,22+,23+,24+,25-,26-,27-,28+,29+,30+,31-,32-,33-,34+,35-,36-,37+,38+,39-,40+,41-,42-,43-,44-/m1/s1. The monoisotopic (exact) mass is 884 g/mol. The van der Waals surface area contributed by atoms with Gasteiger partial charge < -0.3 is 78.7 Å². The van der Waals surface area contributed by atoms with E-state index in [1.54, 1.807) is 0 Å². The van der Waals surface area contributed by atoms with Crippen LogP contribution in [0.2, 0.25) is 0 Å². The Hall–Kier alpha value is -0.980. The lowest BCUT2D eigenvalue weighted by Crippen LogP contribution is -2.73. The number of hydrogen-bond donors (Lipinski definition) is 8. The van der Waals surface area contributed by atoms with E-state index in [2.05, 4.69) is 39.8 Å². The Morgan fingerprint density at radius 1 is 0.661 bits per heavy atom. The van der Waals surface area contributed by atoms with Gasteiger partial charge >= 0.3 is 0 Å². The molecule has 6 saturated heterocycles. The summed E-state index contributed by atoms with van der Waals surface area (Å²) in [5.74, 6) is 0.946. The summed E-state index contributed by atoms with van der Waals surface area (Å²) in [6, 6.07) is 0. The molecule has 352 valence electrons. The highest BCUT2D eigenvalue weighted by atomic mass is 17.2. The molecular formula is C44H68O18. The second-order valence-corrected chi connectivity index (χ2v) is 21.1. The first-order chi connectivity index (χ1) is 29.4. The molecule has 0 aromatic rings. The minimum Gasteiger partial charge on any atom is -0.394 e. The number of fused-ring (bicyclic) bond motifs is 4. The lowest BCUT2D eigenvalue weighted by atomic mass is 9.42. The van der Waals surface area contributed by atoms with Crippen molar-refractivity contribution in [1.29, 1.82) is 0 Å². The van der Waals surface area contributed by atoms with Crippen LogP contribution in [0.4, 0.5) is 0 Å². The summed E-state index contributed by atoms with van der Waals surface area (Å²) < 4.78 is 49.9. The van der Waals surface area contributed by atoms with Gasteiger partial charge in [0, 0.05) is 36.0 Å². The van der Waals surface area contributed by atoms with Crippen LogP contribution in [0.1, 0.15) is 86.0 Å². The second kappa shape index (κ2) is 15.8. The smallest absolute Gasteiger partial charge is 0.187 e. The Balaban J connectivity index is 0.889. The summed E-state index contributed by atoms with van der Waals surface area (Å²) in [4.78, 5) is 13.4. The van der Waals surface area contributed by atoms with Gasteiger partial charge in [0.1, 0.15) is 72.2 Å². The third-order valence-corrected chi connectivity index (χ3v) is 17.9. The van der Waals surface area contributed by atoms with E-state index in [9.17, 15) is 40.9 Å². The highest BCUT2D eigenvalue weighted by Crippen LogP contribution is 2.75. The van der Waals surface area contributed by atoms with Crippen LogP contribution in [-0.4, -0.2) is 176 Å². The molecule has 4 aliphatic carbocycles. The van der Waals surface area contributed by atoms with Gasteiger partial charge in [-0.15, -0.1) is 0 Å². The molecule has 0 aromatic carbocycles. The Kier molecular flexibility index (Phi) is 11.4. The van der Waals surface area contributed by atoms with Crippen molar-refractivity contribution in [3.63, 3.8) is 0 Å². The molecule has 9 fully saturated rings. The number of rotatable bonds is 8. The summed E-state index contributed by atoms with van der Waals surface area (Å²) in [5, 5.41) is 85.1.